The molecule has 1 aliphatic heterocycles. The number of ether oxygens (including phenoxy) is 1. The van der Waals surface area contributed by atoms with Gasteiger partial charge in [0, 0.05) is 16.8 Å². The van der Waals surface area contributed by atoms with Gasteiger partial charge in [-0.3, -0.25) is 4.79 Å². The number of benzene rings is 1. The van der Waals surface area contributed by atoms with Crippen LogP contribution in [0.4, 0.5) is 0 Å². The number of amides is 1. The number of pyridine rings is 1. The lowest BCUT2D eigenvalue weighted by Gasteiger charge is -2.16. The van der Waals surface area contributed by atoms with Crippen molar-refractivity contribution in [1.82, 2.24) is 10.3 Å². The van der Waals surface area contributed by atoms with Crippen molar-refractivity contribution >= 4 is 17.5 Å². The average molecular weight is 303 g/mol. The van der Waals surface area contributed by atoms with E-state index in [0.717, 1.165) is 11.1 Å². The number of nitrogens with zero attached hydrogens (tertiary/aromatic N) is 1. The fourth-order valence-electron chi connectivity index (χ4n) is 2.36. The quantitative estimate of drug-likeness (QED) is 0.948. The number of carbonyl (C=O) groups excluding carboxylic acids is 1. The molecule has 5 heteroatoms. The molecule has 0 bridgehead atoms. The summed E-state index contributed by atoms with van der Waals surface area (Å²) in [5, 5.41) is 3.67. The van der Waals surface area contributed by atoms with Gasteiger partial charge in [-0.2, -0.15) is 0 Å². The molecule has 21 heavy (non-hydrogen) atoms. The maximum absolute atomic E-state index is 12.4. The summed E-state index contributed by atoms with van der Waals surface area (Å²) in [6.45, 7) is 2.30. The fraction of sp³-hybridized carbons (Fsp3) is 0.250. The van der Waals surface area contributed by atoms with Gasteiger partial charge in [-0.15, -0.1) is 0 Å². The largest absolute Gasteiger partial charge is 0.475 e. The van der Waals surface area contributed by atoms with E-state index < -0.39 is 0 Å². The molecule has 2 heterocycles. The molecule has 1 aliphatic rings. The third-order valence-electron chi connectivity index (χ3n) is 3.64. The second-order valence-electron chi connectivity index (χ2n) is 5.04. The molecule has 1 aromatic carbocycles. The van der Waals surface area contributed by atoms with Crippen LogP contribution in [0, 0.1) is 0 Å². The van der Waals surface area contributed by atoms with Crippen molar-refractivity contribution in [2.75, 3.05) is 6.61 Å². The third-order valence-corrected chi connectivity index (χ3v) is 3.89. The van der Waals surface area contributed by atoms with Crippen LogP contribution in [-0.4, -0.2) is 17.5 Å². The van der Waals surface area contributed by atoms with Crippen molar-refractivity contribution < 1.29 is 9.53 Å². The molecular weight excluding hydrogens is 288 g/mol. The van der Waals surface area contributed by atoms with Gasteiger partial charge in [-0.05, 0) is 36.8 Å². The van der Waals surface area contributed by atoms with Gasteiger partial charge >= 0.3 is 0 Å². The third kappa shape index (κ3) is 2.85. The van der Waals surface area contributed by atoms with Crippen LogP contribution < -0.4 is 10.1 Å². The summed E-state index contributed by atoms with van der Waals surface area (Å²) in [5.74, 6) is 0.313. The number of carbonyl (C=O) groups is 1. The molecule has 0 saturated heterocycles. The van der Waals surface area contributed by atoms with E-state index in [1.165, 1.54) is 0 Å². The lowest BCUT2D eigenvalue weighted by Crippen LogP contribution is -2.32. The highest BCUT2D eigenvalue weighted by molar-refractivity contribution is 6.30. The smallest absolute Gasteiger partial charge is 0.227 e. The summed E-state index contributed by atoms with van der Waals surface area (Å²) in [4.78, 5) is 16.5. The molecule has 4 nitrogen and oxygen atoms in total. The lowest BCUT2D eigenvalue weighted by molar-refractivity contribution is -0.123. The topological polar surface area (TPSA) is 51.2 Å². The molecule has 1 aromatic heterocycles. The molecule has 0 radical (unpaired) electrons. The first-order valence-electron chi connectivity index (χ1n) is 6.78. The summed E-state index contributed by atoms with van der Waals surface area (Å²) in [7, 11) is 0. The van der Waals surface area contributed by atoms with E-state index in [4.69, 9.17) is 16.3 Å². The standard InChI is InChI=1S/C16H15ClN2O2/c1-10(11-4-6-12(17)7-5-11)15(20)19-14-9-21-16-13(14)3-2-8-18-16/h2-8,10,14H,9H2,1H3,(H,19,20)/t10-,14-/m1/s1. The number of hydrogen-bond donors (Lipinski definition) is 1. The van der Waals surface area contributed by atoms with E-state index in [1.54, 1.807) is 18.3 Å². The first-order chi connectivity index (χ1) is 10.1. The minimum atomic E-state index is -0.247. The normalized spacial score (nSPS) is 17.7. The molecule has 0 spiro atoms. The van der Waals surface area contributed by atoms with Gasteiger partial charge in [-0.25, -0.2) is 4.98 Å². The van der Waals surface area contributed by atoms with Crippen LogP contribution in [-0.2, 0) is 4.79 Å². The van der Waals surface area contributed by atoms with E-state index in [2.05, 4.69) is 10.3 Å². The van der Waals surface area contributed by atoms with Crippen molar-refractivity contribution in [2.45, 2.75) is 18.9 Å². The Labute approximate surface area is 128 Å². The Bertz CT molecular complexity index is 658. The molecule has 1 N–H and O–H groups in total. The summed E-state index contributed by atoms with van der Waals surface area (Å²) < 4.78 is 5.47. The lowest BCUT2D eigenvalue weighted by atomic mass is 9.99. The van der Waals surface area contributed by atoms with Crippen molar-refractivity contribution in [2.24, 2.45) is 0 Å². The molecular formula is C16H15ClN2O2. The molecule has 2 atom stereocenters. The maximum Gasteiger partial charge on any atom is 0.227 e. The summed E-state index contributed by atoms with van der Waals surface area (Å²) in [6.07, 6.45) is 1.68. The van der Waals surface area contributed by atoms with Gasteiger partial charge in [0.05, 0.1) is 12.0 Å². The van der Waals surface area contributed by atoms with Crippen LogP contribution in [0.15, 0.2) is 42.6 Å². The molecule has 3 rings (SSSR count). The molecule has 0 fully saturated rings. The van der Waals surface area contributed by atoms with Gasteiger partial charge in [0.1, 0.15) is 6.61 Å². The van der Waals surface area contributed by atoms with Gasteiger partial charge in [0.15, 0.2) is 0 Å². The number of fused-ring (bicyclic) bond motifs is 1. The summed E-state index contributed by atoms with van der Waals surface area (Å²) >= 11 is 5.87. The van der Waals surface area contributed by atoms with Crippen LogP contribution in [0.2, 0.25) is 5.02 Å². The highest BCUT2D eigenvalue weighted by Crippen LogP contribution is 2.30. The van der Waals surface area contributed by atoms with Crippen molar-refractivity contribution in [3.8, 4) is 5.88 Å². The number of halogens is 1. The Morgan fingerprint density at radius 2 is 2.14 bits per heavy atom. The van der Waals surface area contributed by atoms with E-state index in [9.17, 15) is 4.79 Å². The molecule has 1 amide bonds. The zero-order valence-corrected chi connectivity index (χ0v) is 12.3. The minimum Gasteiger partial charge on any atom is -0.475 e. The van der Waals surface area contributed by atoms with Crippen LogP contribution in [0.5, 0.6) is 5.88 Å². The number of hydrogen-bond acceptors (Lipinski definition) is 3. The Hall–Kier alpha value is -2.07. The molecule has 0 unspecified atom stereocenters. The van der Waals surface area contributed by atoms with Gasteiger partial charge in [-0.1, -0.05) is 23.7 Å². The Kier molecular flexibility index (Phi) is 3.80. The molecule has 0 saturated carbocycles. The van der Waals surface area contributed by atoms with Crippen LogP contribution in [0.25, 0.3) is 0 Å². The van der Waals surface area contributed by atoms with Gasteiger partial charge < -0.3 is 10.1 Å². The highest BCUT2D eigenvalue weighted by atomic mass is 35.5. The van der Waals surface area contributed by atoms with Crippen molar-refractivity contribution in [3.63, 3.8) is 0 Å². The van der Waals surface area contributed by atoms with Crippen molar-refractivity contribution in [3.05, 3.63) is 58.7 Å². The van der Waals surface area contributed by atoms with E-state index in [0.29, 0.717) is 17.5 Å². The number of nitrogens with one attached hydrogen (secondary N) is 1. The zero-order chi connectivity index (χ0) is 14.8. The number of aromatic nitrogens is 1. The van der Waals surface area contributed by atoms with Crippen molar-refractivity contribution in [1.29, 1.82) is 0 Å². The Morgan fingerprint density at radius 3 is 2.90 bits per heavy atom. The predicted octanol–water partition coefficient (Wildman–Crippen LogP) is 3.09. The van der Waals surface area contributed by atoms with Crippen LogP contribution >= 0.6 is 11.6 Å². The van der Waals surface area contributed by atoms with Crippen LogP contribution in [0.1, 0.15) is 30.0 Å². The second kappa shape index (κ2) is 5.74. The van der Waals surface area contributed by atoms with Gasteiger partial charge in [0.25, 0.3) is 0 Å². The first-order valence-corrected chi connectivity index (χ1v) is 7.16. The number of rotatable bonds is 3. The Balaban J connectivity index is 1.71. The minimum absolute atomic E-state index is 0.0392. The monoisotopic (exact) mass is 302 g/mol. The highest BCUT2D eigenvalue weighted by Gasteiger charge is 2.28. The maximum atomic E-state index is 12.4. The zero-order valence-electron chi connectivity index (χ0n) is 11.5. The summed E-state index contributed by atoms with van der Waals surface area (Å²) in [5.41, 5.74) is 1.86. The van der Waals surface area contributed by atoms with E-state index >= 15 is 0 Å². The average Bonchev–Trinajstić information content (AvgIpc) is 2.91. The van der Waals surface area contributed by atoms with E-state index in [-0.39, 0.29) is 17.9 Å². The Morgan fingerprint density at radius 1 is 1.38 bits per heavy atom. The fourth-order valence-corrected chi connectivity index (χ4v) is 2.49. The predicted molar refractivity (Wildman–Crippen MR) is 80.5 cm³/mol. The van der Waals surface area contributed by atoms with Crippen LogP contribution in [0.3, 0.4) is 0 Å². The van der Waals surface area contributed by atoms with Gasteiger partial charge in [0.2, 0.25) is 11.8 Å². The van der Waals surface area contributed by atoms with E-state index in [1.807, 2.05) is 31.2 Å². The SMILES string of the molecule is C[C@@H](C(=O)N[C@@H]1COc2ncccc21)c1ccc(Cl)cc1. The first kappa shape index (κ1) is 13.9. The molecule has 0 aliphatic carbocycles. The second-order valence-corrected chi connectivity index (χ2v) is 5.48. The summed E-state index contributed by atoms with van der Waals surface area (Å²) in [6, 6.07) is 10.9. The molecule has 108 valence electrons. The molecule has 2 aromatic rings.